The number of likely N-dealkylation sites (tertiary alicyclic amines) is 1. The van der Waals surface area contributed by atoms with E-state index in [0.29, 0.717) is 16.5 Å². The van der Waals surface area contributed by atoms with E-state index in [2.05, 4.69) is 39.4 Å². The highest BCUT2D eigenvalue weighted by Crippen LogP contribution is 2.42. The molecule has 0 saturated carbocycles. The third kappa shape index (κ3) is 2.97. The highest BCUT2D eigenvalue weighted by molar-refractivity contribution is 7.17. The summed E-state index contributed by atoms with van der Waals surface area (Å²) < 4.78 is 6.91. The molecule has 0 radical (unpaired) electrons. The summed E-state index contributed by atoms with van der Waals surface area (Å²) in [6.45, 7) is 4.39. The average molecular weight is 401 g/mol. The molecule has 0 unspecified atom stereocenters. The van der Waals surface area contributed by atoms with Crippen LogP contribution in [0.5, 0.6) is 5.88 Å². The van der Waals surface area contributed by atoms with E-state index in [4.69, 9.17) is 4.42 Å². The van der Waals surface area contributed by atoms with Gasteiger partial charge in [0.2, 0.25) is 16.7 Å². The van der Waals surface area contributed by atoms with Crippen LogP contribution in [0.2, 0.25) is 0 Å². The van der Waals surface area contributed by atoms with Crippen molar-refractivity contribution in [1.82, 2.24) is 19.5 Å². The van der Waals surface area contributed by atoms with E-state index in [9.17, 15) is 5.11 Å². The predicted octanol–water partition coefficient (Wildman–Crippen LogP) is 4.64. The molecule has 4 aromatic rings. The first-order chi connectivity index (χ1) is 13.2. The summed E-state index contributed by atoms with van der Waals surface area (Å²) in [7, 11) is 0. The number of nitrogens with zero attached hydrogens (tertiary/aromatic N) is 4. The number of hydrogen-bond donors (Lipinski definition) is 1. The monoisotopic (exact) mass is 400 g/mol. The van der Waals surface area contributed by atoms with Gasteiger partial charge in [-0.2, -0.15) is 9.50 Å². The number of aromatic hydroxyl groups is 1. The van der Waals surface area contributed by atoms with Crippen molar-refractivity contribution in [2.24, 2.45) is 5.92 Å². The second-order valence-corrected chi connectivity index (χ2v) is 9.02. The van der Waals surface area contributed by atoms with Crippen LogP contribution in [0.3, 0.4) is 0 Å². The Kier molecular flexibility index (Phi) is 4.26. The first kappa shape index (κ1) is 17.0. The number of aromatic nitrogens is 3. The van der Waals surface area contributed by atoms with Gasteiger partial charge < -0.3 is 9.52 Å². The third-order valence-corrected chi connectivity index (χ3v) is 7.18. The van der Waals surface area contributed by atoms with Crippen molar-refractivity contribution in [1.29, 1.82) is 0 Å². The average Bonchev–Trinajstić information content (AvgIpc) is 3.44. The van der Waals surface area contributed by atoms with Gasteiger partial charge in [-0.25, -0.2) is 0 Å². The van der Waals surface area contributed by atoms with E-state index in [1.54, 1.807) is 23.7 Å². The molecule has 1 fully saturated rings. The number of thiophene rings is 1. The van der Waals surface area contributed by atoms with Crippen molar-refractivity contribution in [3.63, 3.8) is 0 Å². The lowest BCUT2D eigenvalue weighted by molar-refractivity contribution is 0.159. The minimum absolute atomic E-state index is 0.0538. The molecule has 5 rings (SSSR count). The summed E-state index contributed by atoms with van der Waals surface area (Å²) in [6.07, 6.45) is 3.97. The second kappa shape index (κ2) is 6.78. The molecule has 0 aliphatic carbocycles. The van der Waals surface area contributed by atoms with Crippen molar-refractivity contribution in [2.45, 2.75) is 25.8 Å². The van der Waals surface area contributed by atoms with Crippen LogP contribution in [0, 0.1) is 5.92 Å². The van der Waals surface area contributed by atoms with Crippen LogP contribution in [0.25, 0.3) is 16.5 Å². The molecule has 6 nitrogen and oxygen atoms in total. The van der Waals surface area contributed by atoms with Crippen molar-refractivity contribution in [3.8, 4) is 17.5 Å². The standard InChI is InChI=1S/C19H20N4O2S2/c1-12-6-8-22(9-7-12)15(14-5-3-11-26-14)16-18(24)23-19(27-16)20-17(21-23)13-4-2-10-25-13/h2-5,10-12,15,24H,6-9H2,1H3/t15-/m0/s1. The van der Waals surface area contributed by atoms with Crippen LogP contribution in [-0.2, 0) is 0 Å². The minimum Gasteiger partial charge on any atom is -0.492 e. The molecule has 1 aliphatic rings. The quantitative estimate of drug-likeness (QED) is 0.541. The molecule has 1 N–H and O–H groups in total. The van der Waals surface area contributed by atoms with E-state index < -0.39 is 0 Å². The van der Waals surface area contributed by atoms with Gasteiger partial charge in [0.15, 0.2) is 5.76 Å². The zero-order valence-corrected chi connectivity index (χ0v) is 16.5. The van der Waals surface area contributed by atoms with E-state index in [1.165, 1.54) is 33.6 Å². The summed E-state index contributed by atoms with van der Waals surface area (Å²) in [5, 5.41) is 17.5. The van der Waals surface area contributed by atoms with Gasteiger partial charge in [-0.1, -0.05) is 24.3 Å². The Balaban J connectivity index is 1.56. The van der Waals surface area contributed by atoms with Gasteiger partial charge in [0, 0.05) is 4.88 Å². The highest BCUT2D eigenvalue weighted by Gasteiger charge is 2.32. The van der Waals surface area contributed by atoms with E-state index in [0.717, 1.165) is 23.9 Å². The molecule has 5 heterocycles. The summed E-state index contributed by atoms with van der Waals surface area (Å²) in [5.41, 5.74) is 0. The first-order valence-electron chi connectivity index (χ1n) is 9.10. The van der Waals surface area contributed by atoms with Crippen LogP contribution in [0.15, 0.2) is 40.3 Å². The number of piperidine rings is 1. The van der Waals surface area contributed by atoms with Gasteiger partial charge >= 0.3 is 0 Å². The molecule has 4 aromatic heterocycles. The Bertz CT molecular complexity index is 1030. The van der Waals surface area contributed by atoms with E-state index in [1.807, 2.05) is 6.07 Å². The molecule has 1 saturated heterocycles. The van der Waals surface area contributed by atoms with E-state index >= 15 is 0 Å². The lowest BCUT2D eigenvalue weighted by Crippen LogP contribution is -2.36. The topological polar surface area (TPSA) is 66.8 Å². The number of furan rings is 1. The maximum absolute atomic E-state index is 11.0. The van der Waals surface area contributed by atoms with Gasteiger partial charge in [0.25, 0.3) is 0 Å². The number of thiazole rings is 1. The Morgan fingerprint density at radius 3 is 2.78 bits per heavy atom. The lowest BCUT2D eigenvalue weighted by atomic mass is 9.97. The fourth-order valence-corrected chi connectivity index (χ4v) is 5.70. The smallest absolute Gasteiger partial charge is 0.230 e. The molecule has 27 heavy (non-hydrogen) atoms. The predicted molar refractivity (Wildman–Crippen MR) is 106 cm³/mol. The SMILES string of the molecule is CC1CCN([C@@H](c2cccs2)c2sc3nc(-c4ccco4)nn3c2O)CC1. The van der Waals surface area contributed by atoms with Gasteiger partial charge in [0.1, 0.15) is 0 Å². The molecule has 0 aromatic carbocycles. The molecule has 0 spiro atoms. The fraction of sp³-hybridized carbons (Fsp3) is 0.368. The summed E-state index contributed by atoms with van der Waals surface area (Å²) in [5.74, 6) is 2.04. The van der Waals surface area contributed by atoms with Crippen LogP contribution in [0.1, 0.15) is 35.6 Å². The zero-order chi connectivity index (χ0) is 18.4. The van der Waals surface area contributed by atoms with E-state index in [-0.39, 0.29) is 11.9 Å². The Hall–Kier alpha value is -2.16. The van der Waals surface area contributed by atoms with Gasteiger partial charge in [0.05, 0.1) is 17.2 Å². The third-order valence-electron chi connectivity index (χ3n) is 5.19. The first-order valence-corrected chi connectivity index (χ1v) is 10.8. The summed E-state index contributed by atoms with van der Waals surface area (Å²) in [4.78, 5) is 9.87. The molecular formula is C19H20N4O2S2. The Morgan fingerprint density at radius 1 is 1.26 bits per heavy atom. The Labute approximate surface area is 164 Å². The van der Waals surface area contributed by atoms with Gasteiger partial charge in [-0.05, 0) is 55.4 Å². The van der Waals surface area contributed by atoms with Crippen LogP contribution >= 0.6 is 22.7 Å². The van der Waals surface area contributed by atoms with Gasteiger partial charge in [-0.3, -0.25) is 4.90 Å². The minimum atomic E-state index is 0.0538. The second-order valence-electron chi connectivity index (χ2n) is 7.03. The van der Waals surface area contributed by atoms with Crippen molar-refractivity contribution in [3.05, 3.63) is 45.7 Å². The Morgan fingerprint density at radius 2 is 2.11 bits per heavy atom. The molecule has 0 amide bonds. The van der Waals surface area contributed by atoms with Crippen molar-refractivity contribution in [2.75, 3.05) is 13.1 Å². The number of fused-ring (bicyclic) bond motifs is 1. The zero-order valence-electron chi connectivity index (χ0n) is 14.9. The highest BCUT2D eigenvalue weighted by atomic mass is 32.1. The molecular weight excluding hydrogens is 380 g/mol. The summed E-state index contributed by atoms with van der Waals surface area (Å²) in [6, 6.07) is 7.90. The maximum Gasteiger partial charge on any atom is 0.230 e. The normalized spacial score (nSPS) is 17.7. The lowest BCUT2D eigenvalue weighted by Gasteiger charge is -2.35. The van der Waals surface area contributed by atoms with Crippen molar-refractivity contribution >= 4 is 27.6 Å². The summed E-state index contributed by atoms with van der Waals surface area (Å²) >= 11 is 3.24. The fourth-order valence-electron chi connectivity index (χ4n) is 3.65. The molecule has 1 aliphatic heterocycles. The maximum atomic E-state index is 11.0. The van der Waals surface area contributed by atoms with Crippen LogP contribution in [-0.4, -0.2) is 37.7 Å². The molecule has 1 atom stereocenters. The van der Waals surface area contributed by atoms with Crippen LogP contribution in [0.4, 0.5) is 0 Å². The number of hydrogen-bond acceptors (Lipinski definition) is 7. The van der Waals surface area contributed by atoms with Gasteiger partial charge in [-0.15, -0.1) is 16.4 Å². The number of rotatable bonds is 4. The van der Waals surface area contributed by atoms with Crippen LogP contribution < -0.4 is 0 Å². The van der Waals surface area contributed by atoms with Crippen molar-refractivity contribution < 1.29 is 9.52 Å². The molecule has 140 valence electrons. The molecule has 8 heteroatoms. The molecule has 0 bridgehead atoms. The largest absolute Gasteiger partial charge is 0.492 e.